The molecule has 126 valence electrons. The summed E-state index contributed by atoms with van der Waals surface area (Å²) in [6.07, 6.45) is 2.08. The highest BCUT2D eigenvalue weighted by atomic mass is 16.6. The Morgan fingerprint density at radius 3 is 2.84 bits per heavy atom. The van der Waals surface area contributed by atoms with E-state index in [1.807, 2.05) is 36.4 Å². The maximum Gasteiger partial charge on any atom is 0.415 e. The van der Waals surface area contributed by atoms with Gasteiger partial charge in [0, 0.05) is 23.6 Å². The van der Waals surface area contributed by atoms with Crippen LogP contribution in [0.1, 0.15) is 11.1 Å². The van der Waals surface area contributed by atoms with Crippen molar-refractivity contribution in [1.29, 1.82) is 0 Å². The number of benzene rings is 1. The van der Waals surface area contributed by atoms with Crippen LogP contribution >= 0.6 is 0 Å². The minimum absolute atomic E-state index is 0.347. The van der Waals surface area contributed by atoms with E-state index in [-0.39, 0.29) is 6.09 Å². The topological polar surface area (TPSA) is 64.6 Å². The summed E-state index contributed by atoms with van der Waals surface area (Å²) in [6.45, 7) is 0.940. The van der Waals surface area contributed by atoms with Gasteiger partial charge in [0.05, 0.1) is 19.2 Å². The van der Waals surface area contributed by atoms with E-state index in [9.17, 15) is 4.79 Å². The molecule has 6 nitrogen and oxygen atoms in total. The summed E-state index contributed by atoms with van der Waals surface area (Å²) >= 11 is 0. The summed E-state index contributed by atoms with van der Waals surface area (Å²) in [5.74, 6) is 1.22. The van der Waals surface area contributed by atoms with Crippen molar-refractivity contribution in [2.45, 2.75) is 6.42 Å². The molecule has 1 fully saturated rings. The van der Waals surface area contributed by atoms with Crippen LogP contribution in [0, 0.1) is 0 Å². The van der Waals surface area contributed by atoms with Crippen molar-refractivity contribution >= 4 is 22.8 Å². The monoisotopic (exact) mass is 335 g/mol. The molecular weight excluding hydrogens is 318 g/mol. The zero-order valence-electron chi connectivity index (χ0n) is 13.8. The maximum absolute atomic E-state index is 11.6. The number of fused-ring (bicyclic) bond motifs is 1. The Balaban J connectivity index is 1.61. The van der Waals surface area contributed by atoms with Crippen LogP contribution in [0.25, 0.3) is 10.9 Å². The van der Waals surface area contributed by atoms with Gasteiger partial charge in [-0.3, -0.25) is 4.90 Å². The molecule has 3 aromatic rings. The third-order valence-electron chi connectivity index (χ3n) is 4.20. The molecule has 0 spiro atoms. The molecule has 0 atom stereocenters. The highest BCUT2D eigenvalue weighted by Crippen LogP contribution is 2.25. The summed E-state index contributed by atoms with van der Waals surface area (Å²) in [6, 6.07) is 13.8. The van der Waals surface area contributed by atoms with E-state index >= 15 is 0 Å². The average Bonchev–Trinajstić information content (AvgIpc) is 3.08. The van der Waals surface area contributed by atoms with Gasteiger partial charge in [0.15, 0.2) is 0 Å². The van der Waals surface area contributed by atoms with Crippen molar-refractivity contribution in [2.75, 3.05) is 25.2 Å². The number of nitrogens with zero attached hydrogens (tertiary/aromatic N) is 3. The normalized spacial score (nSPS) is 14.0. The fourth-order valence-corrected chi connectivity index (χ4v) is 2.95. The number of amides is 1. The molecule has 0 N–H and O–H groups in total. The molecule has 3 heterocycles. The van der Waals surface area contributed by atoms with Crippen molar-refractivity contribution in [1.82, 2.24) is 9.97 Å². The molecule has 4 rings (SSSR count). The molecule has 1 aliphatic heterocycles. The highest BCUT2D eigenvalue weighted by Gasteiger charge is 2.24. The van der Waals surface area contributed by atoms with Gasteiger partial charge in [-0.2, -0.15) is 0 Å². The number of carbonyl (C=O) groups excluding carboxylic acids is 1. The second kappa shape index (κ2) is 6.39. The first-order valence-electron chi connectivity index (χ1n) is 8.06. The van der Waals surface area contributed by atoms with Crippen LogP contribution in [0.5, 0.6) is 5.88 Å². The Hall–Kier alpha value is -3.15. The SMILES string of the molecule is COc1nc2ccccc2cc1Cc1ccc(N2CCOC2=O)nc1. The second-order valence-electron chi connectivity index (χ2n) is 5.82. The van der Waals surface area contributed by atoms with Crippen LogP contribution in [0.4, 0.5) is 10.6 Å². The molecule has 0 aliphatic carbocycles. The lowest BCUT2D eigenvalue weighted by Crippen LogP contribution is -2.24. The number of aromatic nitrogens is 2. The lowest BCUT2D eigenvalue weighted by Gasteiger charge is -2.12. The van der Waals surface area contributed by atoms with Crippen LogP contribution in [0.15, 0.2) is 48.7 Å². The van der Waals surface area contributed by atoms with Crippen LogP contribution in [-0.4, -0.2) is 36.3 Å². The molecular formula is C19H17N3O3. The van der Waals surface area contributed by atoms with E-state index in [0.29, 0.717) is 31.3 Å². The lowest BCUT2D eigenvalue weighted by molar-refractivity contribution is 0.181. The fraction of sp³-hybridized carbons (Fsp3) is 0.211. The summed E-state index contributed by atoms with van der Waals surface area (Å²) in [5.41, 5.74) is 2.92. The number of para-hydroxylation sites is 1. The van der Waals surface area contributed by atoms with E-state index in [1.165, 1.54) is 4.90 Å². The zero-order chi connectivity index (χ0) is 17.2. The number of hydrogen-bond donors (Lipinski definition) is 0. The van der Waals surface area contributed by atoms with Crippen molar-refractivity contribution in [2.24, 2.45) is 0 Å². The summed E-state index contributed by atoms with van der Waals surface area (Å²) in [5, 5.41) is 1.07. The second-order valence-corrected chi connectivity index (χ2v) is 5.82. The van der Waals surface area contributed by atoms with E-state index in [2.05, 4.69) is 16.0 Å². The molecule has 1 aromatic carbocycles. The number of hydrogen-bond acceptors (Lipinski definition) is 5. The molecule has 25 heavy (non-hydrogen) atoms. The Morgan fingerprint density at radius 1 is 1.24 bits per heavy atom. The molecule has 0 bridgehead atoms. The van der Waals surface area contributed by atoms with Crippen LogP contribution in [0.2, 0.25) is 0 Å². The first kappa shape index (κ1) is 15.4. The number of cyclic esters (lactones) is 1. The van der Waals surface area contributed by atoms with Crippen LogP contribution in [-0.2, 0) is 11.2 Å². The molecule has 0 radical (unpaired) electrons. The van der Waals surface area contributed by atoms with Gasteiger partial charge in [0.1, 0.15) is 12.4 Å². The Bertz CT molecular complexity index is 925. The minimum Gasteiger partial charge on any atom is -0.481 e. The van der Waals surface area contributed by atoms with E-state index < -0.39 is 0 Å². The van der Waals surface area contributed by atoms with Gasteiger partial charge in [-0.1, -0.05) is 24.3 Å². The van der Waals surface area contributed by atoms with Crippen molar-refractivity contribution < 1.29 is 14.3 Å². The zero-order valence-corrected chi connectivity index (χ0v) is 13.8. The van der Waals surface area contributed by atoms with Crippen molar-refractivity contribution in [3.8, 4) is 5.88 Å². The van der Waals surface area contributed by atoms with Crippen molar-refractivity contribution in [3.63, 3.8) is 0 Å². The largest absolute Gasteiger partial charge is 0.481 e. The van der Waals surface area contributed by atoms with Gasteiger partial charge in [-0.05, 0) is 23.8 Å². The van der Waals surface area contributed by atoms with Gasteiger partial charge in [-0.15, -0.1) is 0 Å². The molecule has 0 saturated carbocycles. The molecule has 6 heteroatoms. The first-order chi connectivity index (χ1) is 12.2. The van der Waals surface area contributed by atoms with E-state index in [4.69, 9.17) is 9.47 Å². The average molecular weight is 335 g/mol. The molecule has 2 aromatic heterocycles. The molecule has 0 unspecified atom stereocenters. The number of methoxy groups -OCH3 is 1. The van der Waals surface area contributed by atoms with Gasteiger partial charge >= 0.3 is 6.09 Å². The summed E-state index contributed by atoms with van der Waals surface area (Å²) in [4.78, 5) is 22.1. The van der Waals surface area contributed by atoms with Gasteiger partial charge in [0.25, 0.3) is 0 Å². The molecule has 1 amide bonds. The fourth-order valence-electron chi connectivity index (χ4n) is 2.95. The third-order valence-corrected chi connectivity index (χ3v) is 4.20. The quantitative estimate of drug-likeness (QED) is 0.733. The Labute approximate surface area is 145 Å². The lowest BCUT2D eigenvalue weighted by atomic mass is 10.1. The summed E-state index contributed by atoms with van der Waals surface area (Å²) in [7, 11) is 1.63. The van der Waals surface area contributed by atoms with E-state index in [1.54, 1.807) is 13.3 Å². The smallest absolute Gasteiger partial charge is 0.415 e. The van der Waals surface area contributed by atoms with Gasteiger partial charge in [-0.25, -0.2) is 14.8 Å². The standard InChI is InChI=1S/C19H17N3O3/c1-24-18-15(11-14-4-2-3-5-16(14)21-18)10-13-6-7-17(20-12-13)22-8-9-25-19(22)23/h2-7,11-12H,8-10H2,1H3. The van der Waals surface area contributed by atoms with Crippen LogP contribution in [0.3, 0.4) is 0 Å². The molecule has 1 aliphatic rings. The van der Waals surface area contributed by atoms with Gasteiger partial charge in [0.2, 0.25) is 5.88 Å². The number of rotatable bonds is 4. The minimum atomic E-state index is -0.347. The van der Waals surface area contributed by atoms with E-state index in [0.717, 1.165) is 22.0 Å². The first-order valence-corrected chi connectivity index (χ1v) is 8.06. The predicted octanol–water partition coefficient (Wildman–Crippen LogP) is 3.19. The number of carbonyl (C=O) groups is 1. The third kappa shape index (κ3) is 2.98. The predicted molar refractivity (Wildman–Crippen MR) is 94.0 cm³/mol. The van der Waals surface area contributed by atoms with Crippen LogP contribution < -0.4 is 9.64 Å². The maximum atomic E-state index is 11.6. The van der Waals surface area contributed by atoms with Crippen molar-refractivity contribution in [3.05, 3.63) is 59.8 Å². The molecule has 1 saturated heterocycles. The highest BCUT2D eigenvalue weighted by molar-refractivity contribution is 5.88. The number of ether oxygens (including phenoxy) is 2. The Kier molecular flexibility index (Phi) is 3.93. The van der Waals surface area contributed by atoms with Gasteiger partial charge < -0.3 is 9.47 Å². The Morgan fingerprint density at radius 2 is 2.12 bits per heavy atom. The number of anilines is 1. The summed E-state index contributed by atoms with van der Waals surface area (Å²) < 4.78 is 10.4. The number of pyridine rings is 2.